The molecule has 2 heterocycles. The first-order chi connectivity index (χ1) is 9.71. The minimum atomic E-state index is -1.07. The van der Waals surface area contributed by atoms with E-state index in [-0.39, 0.29) is 17.2 Å². The zero-order valence-electron chi connectivity index (χ0n) is 12.9. The fourth-order valence-electron chi connectivity index (χ4n) is 2.26. The van der Waals surface area contributed by atoms with Crippen LogP contribution in [0.1, 0.15) is 62.7 Å². The van der Waals surface area contributed by atoms with E-state index in [2.05, 4.69) is 20.4 Å². The Bertz CT molecular complexity index is 650. The first kappa shape index (κ1) is 15.1. The molecular formula is C13H20N6O2. The average Bonchev–Trinajstić information content (AvgIpc) is 2.94. The molecule has 0 amide bonds. The molecule has 0 aliphatic carbocycles. The van der Waals surface area contributed by atoms with Gasteiger partial charge in [0.25, 0.3) is 0 Å². The Hall–Kier alpha value is -2.25. The molecule has 0 saturated heterocycles. The van der Waals surface area contributed by atoms with Crippen LogP contribution >= 0.6 is 0 Å². The molecule has 0 atom stereocenters. The molecule has 0 bridgehead atoms. The van der Waals surface area contributed by atoms with Gasteiger partial charge in [0.05, 0.1) is 5.69 Å². The lowest BCUT2D eigenvalue weighted by atomic mass is 9.90. The van der Waals surface area contributed by atoms with Crippen molar-refractivity contribution in [2.75, 3.05) is 0 Å². The van der Waals surface area contributed by atoms with Crippen molar-refractivity contribution in [3.05, 3.63) is 23.5 Å². The van der Waals surface area contributed by atoms with Gasteiger partial charge < -0.3 is 5.11 Å². The van der Waals surface area contributed by atoms with Crippen LogP contribution in [0.15, 0.2) is 6.33 Å². The minimum Gasteiger partial charge on any atom is -0.476 e. The number of aromatic carboxylic acids is 1. The fourth-order valence-corrected chi connectivity index (χ4v) is 2.26. The predicted octanol–water partition coefficient (Wildman–Crippen LogP) is 1.49. The van der Waals surface area contributed by atoms with E-state index >= 15 is 0 Å². The molecule has 0 saturated carbocycles. The summed E-state index contributed by atoms with van der Waals surface area (Å²) < 4.78 is 3.38. The first-order valence-electron chi connectivity index (χ1n) is 6.77. The molecule has 114 valence electrons. The highest BCUT2D eigenvalue weighted by Crippen LogP contribution is 2.25. The quantitative estimate of drug-likeness (QED) is 0.916. The van der Waals surface area contributed by atoms with Gasteiger partial charge in [-0.25, -0.2) is 19.1 Å². The monoisotopic (exact) mass is 292 g/mol. The summed E-state index contributed by atoms with van der Waals surface area (Å²) in [6, 6.07) is 0.169. The third-order valence-corrected chi connectivity index (χ3v) is 3.08. The highest BCUT2D eigenvalue weighted by molar-refractivity contribution is 5.86. The van der Waals surface area contributed by atoms with Gasteiger partial charge in [0.2, 0.25) is 0 Å². The normalized spacial score (nSPS) is 12.1. The van der Waals surface area contributed by atoms with E-state index in [0.717, 1.165) is 5.82 Å². The van der Waals surface area contributed by atoms with Gasteiger partial charge in [-0.2, -0.15) is 5.10 Å². The van der Waals surface area contributed by atoms with Crippen LogP contribution < -0.4 is 0 Å². The van der Waals surface area contributed by atoms with Crippen LogP contribution in [-0.2, 0) is 12.0 Å². The molecule has 2 aromatic heterocycles. The van der Waals surface area contributed by atoms with E-state index in [9.17, 15) is 9.90 Å². The minimum absolute atomic E-state index is 0.0156. The lowest BCUT2D eigenvalue weighted by Crippen LogP contribution is -2.23. The zero-order chi connectivity index (χ0) is 15.8. The molecule has 8 nitrogen and oxygen atoms in total. The van der Waals surface area contributed by atoms with E-state index < -0.39 is 5.97 Å². The van der Waals surface area contributed by atoms with Gasteiger partial charge in [-0.05, 0) is 13.8 Å². The lowest BCUT2D eigenvalue weighted by molar-refractivity contribution is 0.0687. The molecule has 21 heavy (non-hydrogen) atoms. The number of carboxylic acid groups (broad SMARTS) is 1. The van der Waals surface area contributed by atoms with E-state index in [4.69, 9.17) is 0 Å². The van der Waals surface area contributed by atoms with Crippen molar-refractivity contribution in [3.63, 3.8) is 0 Å². The number of rotatable bonds is 4. The number of carboxylic acids is 1. The van der Waals surface area contributed by atoms with Gasteiger partial charge >= 0.3 is 5.97 Å². The van der Waals surface area contributed by atoms with Gasteiger partial charge in [0, 0.05) is 11.5 Å². The van der Waals surface area contributed by atoms with Gasteiger partial charge in [-0.15, -0.1) is 5.10 Å². The van der Waals surface area contributed by atoms with E-state index in [1.165, 1.54) is 6.33 Å². The standard InChI is InChI=1S/C13H20N6O2/c1-8(2)19-9(14-7-15-19)6-18-11(13(3,4)5)10(12(20)21)16-17-18/h7-8H,6H2,1-5H3,(H,20,21). The maximum Gasteiger partial charge on any atom is 0.358 e. The van der Waals surface area contributed by atoms with Crippen molar-refractivity contribution in [2.24, 2.45) is 0 Å². The summed E-state index contributed by atoms with van der Waals surface area (Å²) in [7, 11) is 0. The summed E-state index contributed by atoms with van der Waals surface area (Å²) in [5, 5.41) is 21.2. The molecule has 0 aliphatic rings. The summed E-state index contributed by atoms with van der Waals surface area (Å²) in [5.41, 5.74) is 0.173. The molecular weight excluding hydrogens is 272 g/mol. The fraction of sp³-hybridized carbons (Fsp3) is 0.615. The number of nitrogens with zero attached hydrogens (tertiary/aromatic N) is 6. The molecule has 0 fully saturated rings. The van der Waals surface area contributed by atoms with E-state index in [0.29, 0.717) is 12.2 Å². The maximum absolute atomic E-state index is 11.3. The van der Waals surface area contributed by atoms with Crippen LogP contribution in [0.5, 0.6) is 0 Å². The Labute approximate surface area is 122 Å². The third kappa shape index (κ3) is 2.93. The van der Waals surface area contributed by atoms with Gasteiger partial charge in [-0.1, -0.05) is 26.0 Å². The van der Waals surface area contributed by atoms with Gasteiger partial charge in [-0.3, -0.25) is 0 Å². The third-order valence-electron chi connectivity index (χ3n) is 3.08. The highest BCUT2D eigenvalue weighted by atomic mass is 16.4. The predicted molar refractivity (Wildman–Crippen MR) is 75.2 cm³/mol. The van der Waals surface area contributed by atoms with Crippen molar-refractivity contribution in [1.29, 1.82) is 0 Å². The summed E-state index contributed by atoms with van der Waals surface area (Å²) in [6.07, 6.45) is 1.49. The average molecular weight is 292 g/mol. The first-order valence-corrected chi connectivity index (χ1v) is 6.77. The SMILES string of the molecule is CC(C)n1ncnc1Cn1nnc(C(=O)O)c1C(C)(C)C. The number of aromatic nitrogens is 6. The van der Waals surface area contributed by atoms with Crippen molar-refractivity contribution in [2.45, 2.75) is 52.6 Å². The summed E-state index contributed by atoms with van der Waals surface area (Å²) in [4.78, 5) is 15.5. The van der Waals surface area contributed by atoms with E-state index in [1.807, 2.05) is 34.6 Å². The second-order valence-electron chi connectivity index (χ2n) is 6.21. The topological polar surface area (TPSA) is 98.7 Å². The molecule has 2 aromatic rings. The van der Waals surface area contributed by atoms with Crippen LogP contribution in [-0.4, -0.2) is 40.8 Å². The molecule has 0 aromatic carbocycles. The van der Waals surface area contributed by atoms with Gasteiger partial charge in [0.15, 0.2) is 5.69 Å². The molecule has 2 rings (SSSR count). The van der Waals surface area contributed by atoms with Crippen LogP contribution in [0.4, 0.5) is 0 Å². The Balaban J connectivity index is 2.46. The summed E-state index contributed by atoms with van der Waals surface area (Å²) >= 11 is 0. The Morgan fingerprint density at radius 2 is 2.05 bits per heavy atom. The molecule has 1 N–H and O–H groups in total. The molecule has 0 spiro atoms. The maximum atomic E-state index is 11.3. The van der Waals surface area contributed by atoms with Crippen LogP contribution in [0, 0.1) is 0 Å². The number of hydrogen-bond donors (Lipinski definition) is 1. The number of hydrogen-bond acceptors (Lipinski definition) is 5. The van der Waals surface area contributed by atoms with Crippen molar-refractivity contribution >= 4 is 5.97 Å². The van der Waals surface area contributed by atoms with Gasteiger partial charge in [0.1, 0.15) is 18.7 Å². The zero-order valence-corrected chi connectivity index (χ0v) is 12.9. The largest absolute Gasteiger partial charge is 0.476 e. The lowest BCUT2D eigenvalue weighted by Gasteiger charge is -2.20. The van der Waals surface area contributed by atoms with Crippen LogP contribution in [0.3, 0.4) is 0 Å². The highest BCUT2D eigenvalue weighted by Gasteiger charge is 2.29. The Morgan fingerprint density at radius 1 is 1.38 bits per heavy atom. The molecule has 0 aliphatic heterocycles. The van der Waals surface area contributed by atoms with E-state index in [1.54, 1.807) is 9.36 Å². The molecule has 8 heteroatoms. The number of carbonyl (C=O) groups is 1. The summed E-state index contributed by atoms with van der Waals surface area (Å²) in [5.74, 6) is -0.353. The van der Waals surface area contributed by atoms with Crippen molar-refractivity contribution < 1.29 is 9.90 Å². The van der Waals surface area contributed by atoms with Crippen molar-refractivity contribution in [3.8, 4) is 0 Å². The summed E-state index contributed by atoms with van der Waals surface area (Å²) in [6.45, 7) is 10.1. The molecule has 0 radical (unpaired) electrons. The van der Waals surface area contributed by atoms with Crippen LogP contribution in [0.2, 0.25) is 0 Å². The second-order valence-corrected chi connectivity index (χ2v) is 6.21. The smallest absolute Gasteiger partial charge is 0.358 e. The van der Waals surface area contributed by atoms with Crippen LogP contribution in [0.25, 0.3) is 0 Å². The Kier molecular flexibility index (Phi) is 3.80. The van der Waals surface area contributed by atoms with Crippen molar-refractivity contribution in [1.82, 2.24) is 29.8 Å². The Morgan fingerprint density at radius 3 is 2.57 bits per heavy atom. The molecule has 0 unspecified atom stereocenters. The second kappa shape index (κ2) is 5.27.